The molecule has 1 nitrogen and oxygen atoms in total. The number of benzene rings is 1. The molecule has 2 rings (SSSR count). The van der Waals surface area contributed by atoms with Crippen LogP contribution in [0.4, 0.5) is 17.6 Å². The smallest absolute Gasteiger partial charge is 0.218 e. The van der Waals surface area contributed by atoms with Crippen molar-refractivity contribution in [1.82, 2.24) is 0 Å². The van der Waals surface area contributed by atoms with Gasteiger partial charge in [0.2, 0.25) is 7.28 Å². The summed E-state index contributed by atoms with van der Waals surface area (Å²) < 4.78 is 59.1. The summed E-state index contributed by atoms with van der Waals surface area (Å²) in [5.74, 6) is -2.42. The van der Waals surface area contributed by atoms with Gasteiger partial charge in [0.1, 0.15) is 28.8 Å². The lowest BCUT2D eigenvalue weighted by molar-refractivity contribution is 0.315. The van der Waals surface area contributed by atoms with Crippen LogP contribution in [0.2, 0.25) is 0 Å². The Morgan fingerprint density at radius 2 is 2.00 bits per heavy atom. The standard InChI is InChI=1S/C13H11BF4O/c1-19-11-6-9(16)5-10(17)12(11)14-13(18)4-2-3-8(15)7-13/h2-6,14H,7H2,1H3. The molecule has 0 radical (unpaired) electrons. The number of ether oxygens (including phenoxy) is 1. The zero-order valence-corrected chi connectivity index (χ0v) is 10.2. The molecule has 0 aliphatic heterocycles. The maximum atomic E-state index is 14.4. The average Bonchev–Trinajstić information content (AvgIpc) is 2.32. The van der Waals surface area contributed by atoms with Gasteiger partial charge in [-0.3, -0.25) is 0 Å². The first-order valence-electron chi connectivity index (χ1n) is 5.68. The fourth-order valence-corrected chi connectivity index (χ4v) is 2.07. The van der Waals surface area contributed by atoms with Crippen LogP contribution in [-0.4, -0.2) is 20.0 Å². The van der Waals surface area contributed by atoms with E-state index in [1.54, 1.807) is 0 Å². The van der Waals surface area contributed by atoms with E-state index in [1.807, 2.05) is 0 Å². The second-order valence-electron chi connectivity index (χ2n) is 4.43. The van der Waals surface area contributed by atoms with Crippen molar-refractivity contribution in [3.05, 3.63) is 47.8 Å². The van der Waals surface area contributed by atoms with Gasteiger partial charge >= 0.3 is 0 Å². The summed E-state index contributed by atoms with van der Waals surface area (Å²) in [6.45, 7) is 0. The average molecular weight is 270 g/mol. The van der Waals surface area contributed by atoms with Crippen LogP contribution >= 0.6 is 0 Å². The highest BCUT2D eigenvalue weighted by molar-refractivity contribution is 6.58. The molecule has 0 saturated heterocycles. The van der Waals surface area contributed by atoms with Gasteiger partial charge in [0.05, 0.1) is 7.11 Å². The Kier molecular flexibility index (Phi) is 3.69. The predicted molar refractivity (Wildman–Crippen MR) is 66.5 cm³/mol. The van der Waals surface area contributed by atoms with Crippen molar-refractivity contribution in [3.8, 4) is 5.75 Å². The Hall–Kier alpha value is -1.72. The zero-order chi connectivity index (χ0) is 14.0. The van der Waals surface area contributed by atoms with Crippen molar-refractivity contribution >= 4 is 12.7 Å². The number of rotatable bonds is 3. The molecule has 0 N–H and O–H groups in total. The Morgan fingerprint density at radius 1 is 1.26 bits per heavy atom. The molecule has 0 bridgehead atoms. The first kappa shape index (κ1) is 13.7. The second-order valence-corrected chi connectivity index (χ2v) is 4.43. The summed E-state index contributed by atoms with van der Waals surface area (Å²) in [6, 6.07) is 1.63. The second kappa shape index (κ2) is 5.11. The molecular formula is C13H11BF4O. The van der Waals surface area contributed by atoms with Crippen LogP contribution in [0, 0.1) is 11.6 Å². The van der Waals surface area contributed by atoms with Gasteiger partial charge in [-0.1, -0.05) is 12.2 Å². The van der Waals surface area contributed by atoms with Gasteiger partial charge in [-0.25, -0.2) is 17.6 Å². The third kappa shape index (κ3) is 3.00. The predicted octanol–water partition coefficient (Wildman–Crippen LogP) is 2.51. The van der Waals surface area contributed by atoms with Crippen LogP contribution in [0.3, 0.4) is 0 Å². The van der Waals surface area contributed by atoms with E-state index in [0.717, 1.165) is 18.2 Å². The number of allylic oxidation sites excluding steroid dienone is 4. The van der Waals surface area contributed by atoms with Gasteiger partial charge in [-0.2, -0.15) is 0 Å². The first-order chi connectivity index (χ1) is 8.93. The van der Waals surface area contributed by atoms with Gasteiger partial charge in [-0.15, -0.1) is 0 Å². The maximum absolute atomic E-state index is 14.4. The van der Waals surface area contributed by atoms with E-state index in [4.69, 9.17) is 4.74 Å². The third-order valence-corrected chi connectivity index (χ3v) is 2.94. The van der Waals surface area contributed by atoms with E-state index < -0.39 is 36.7 Å². The largest absolute Gasteiger partial charge is 0.497 e. The van der Waals surface area contributed by atoms with E-state index in [9.17, 15) is 17.6 Å². The summed E-state index contributed by atoms with van der Waals surface area (Å²) in [7, 11) is 0.819. The highest BCUT2D eigenvalue weighted by atomic mass is 19.2. The van der Waals surface area contributed by atoms with E-state index in [-0.39, 0.29) is 11.2 Å². The Labute approximate surface area is 108 Å². The van der Waals surface area contributed by atoms with Crippen LogP contribution in [0.5, 0.6) is 5.75 Å². The van der Waals surface area contributed by atoms with Crippen molar-refractivity contribution < 1.29 is 22.3 Å². The van der Waals surface area contributed by atoms with E-state index >= 15 is 0 Å². The van der Waals surface area contributed by atoms with Crippen LogP contribution in [0.1, 0.15) is 6.42 Å². The minimum atomic E-state index is -2.04. The molecule has 1 atom stereocenters. The number of hydrogen-bond acceptors (Lipinski definition) is 1. The highest BCUT2D eigenvalue weighted by Gasteiger charge is 2.34. The third-order valence-electron chi connectivity index (χ3n) is 2.94. The molecule has 0 fully saturated rings. The molecule has 0 heterocycles. The van der Waals surface area contributed by atoms with Gasteiger partial charge in [0, 0.05) is 18.6 Å². The van der Waals surface area contributed by atoms with Crippen molar-refractivity contribution in [2.75, 3.05) is 7.11 Å². The fraction of sp³-hybridized carbons (Fsp3) is 0.231. The normalized spacial score (nSPS) is 22.1. The lowest BCUT2D eigenvalue weighted by Gasteiger charge is -2.23. The van der Waals surface area contributed by atoms with Gasteiger partial charge < -0.3 is 4.74 Å². The SMILES string of the molecule is COc1cc(F)cc(F)c1BC1(F)C=CC=C(F)C1. The van der Waals surface area contributed by atoms with Gasteiger partial charge in [-0.05, 0) is 11.5 Å². The molecule has 1 aromatic carbocycles. The molecule has 100 valence electrons. The molecule has 0 aromatic heterocycles. The summed E-state index contributed by atoms with van der Waals surface area (Å²) in [4.78, 5) is 0. The molecule has 1 aliphatic rings. The molecular weight excluding hydrogens is 259 g/mol. The lowest BCUT2D eigenvalue weighted by atomic mass is 9.54. The first-order valence-corrected chi connectivity index (χ1v) is 5.68. The molecule has 1 aliphatic carbocycles. The molecule has 0 amide bonds. The van der Waals surface area contributed by atoms with Gasteiger partial charge in [0.25, 0.3) is 0 Å². The van der Waals surface area contributed by atoms with Crippen molar-refractivity contribution in [3.63, 3.8) is 0 Å². The molecule has 1 unspecified atom stereocenters. The fourth-order valence-electron chi connectivity index (χ4n) is 2.07. The molecule has 0 saturated carbocycles. The summed E-state index contributed by atoms with van der Waals surface area (Å²) in [5.41, 5.74) is -2.14. The molecule has 1 aromatic rings. The minimum Gasteiger partial charge on any atom is -0.497 e. The summed E-state index contributed by atoms with van der Waals surface area (Å²) in [5, 5.41) is 0. The number of methoxy groups -OCH3 is 1. The number of alkyl halides is 1. The zero-order valence-electron chi connectivity index (χ0n) is 10.2. The van der Waals surface area contributed by atoms with Crippen molar-refractivity contribution in [2.24, 2.45) is 0 Å². The van der Waals surface area contributed by atoms with E-state index in [0.29, 0.717) is 6.07 Å². The minimum absolute atomic E-state index is 0.0853. The van der Waals surface area contributed by atoms with Crippen LogP contribution < -0.4 is 10.2 Å². The van der Waals surface area contributed by atoms with Crippen LogP contribution in [0.25, 0.3) is 0 Å². The number of halogens is 4. The van der Waals surface area contributed by atoms with Crippen molar-refractivity contribution in [1.29, 1.82) is 0 Å². The van der Waals surface area contributed by atoms with E-state index in [1.165, 1.54) is 13.2 Å². The highest BCUT2D eigenvalue weighted by Crippen LogP contribution is 2.28. The maximum Gasteiger partial charge on any atom is 0.218 e. The van der Waals surface area contributed by atoms with Crippen molar-refractivity contribution in [2.45, 2.75) is 12.0 Å². The Morgan fingerprint density at radius 3 is 2.63 bits per heavy atom. The van der Waals surface area contributed by atoms with Crippen LogP contribution in [0.15, 0.2) is 36.2 Å². The molecule has 6 heteroatoms. The quantitative estimate of drug-likeness (QED) is 0.605. The topological polar surface area (TPSA) is 9.23 Å². The molecule has 0 spiro atoms. The lowest BCUT2D eigenvalue weighted by Crippen LogP contribution is -2.40. The molecule has 19 heavy (non-hydrogen) atoms. The Balaban J connectivity index is 2.34. The summed E-state index contributed by atoms with van der Waals surface area (Å²) >= 11 is 0. The monoisotopic (exact) mass is 270 g/mol. The van der Waals surface area contributed by atoms with Crippen LogP contribution in [-0.2, 0) is 0 Å². The number of hydrogen-bond donors (Lipinski definition) is 0. The van der Waals surface area contributed by atoms with E-state index in [2.05, 4.69) is 0 Å². The van der Waals surface area contributed by atoms with Gasteiger partial charge in [0.15, 0.2) is 0 Å². The summed E-state index contributed by atoms with van der Waals surface area (Å²) in [6.07, 6.45) is 3.09. The Bertz CT molecular complexity index is 556.